The Bertz CT molecular complexity index is 354. The number of likely N-dealkylation sites (N-methyl/N-ethyl adjacent to an activating group) is 1. The number of carbonyl (C=O) groups is 1. The van der Waals surface area contributed by atoms with E-state index in [1.165, 1.54) is 5.56 Å². The van der Waals surface area contributed by atoms with Crippen molar-refractivity contribution in [2.75, 3.05) is 20.1 Å². The summed E-state index contributed by atoms with van der Waals surface area (Å²) in [4.78, 5) is 14.1. The average Bonchev–Trinajstić information content (AvgIpc) is 2.27. The molecule has 0 aliphatic rings. The van der Waals surface area contributed by atoms with Crippen molar-refractivity contribution >= 4 is 5.78 Å². The van der Waals surface area contributed by atoms with Gasteiger partial charge in [-0.15, -0.1) is 0 Å². The maximum absolute atomic E-state index is 12.0. The lowest BCUT2D eigenvalue weighted by Crippen LogP contribution is -2.27. The minimum Gasteiger partial charge on any atom is -0.299 e. The Hall–Kier alpha value is -1.15. The molecule has 0 aliphatic carbocycles. The van der Waals surface area contributed by atoms with Gasteiger partial charge in [-0.3, -0.25) is 9.69 Å². The molecule has 94 valence electrons. The summed E-state index contributed by atoms with van der Waals surface area (Å²) < 4.78 is 0. The van der Waals surface area contributed by atoms with Crippen LogP contribution in [0.2, 0.25) is 0 Å². The van der Waals surface area contributed by atoms with Crippen LogP contribution in [0.3, 0.4) is 0 Å². The third kappa shape index (κ3) is 5.14. The van der Waals surface area contributed by atoms with Gasteiger partial charge in [-0.05, 0) is 32.9 Å². The minimum absolute atomic E-state index is 0.205. The second-order valence-electron chi connectivity index (χ2n) is 5.21. The molecule has 1 aromatic carbocycles. The van der Waals surface area contributed by atoms with Crippen molar-refractivity contribution in [1.29, 1.82) is 0 Å². The number of ketones is 1. The highest BCUT2D eigenvalue weighted by molar-refractivity contribution is 5.97. The van der Waals surface area contributed by atoms with Crippen molar-refractivity contribution in [3.63, 3.8) is 0 Å². The SMILES string of the molecule is Cc1ccc(C(=O)CN(C)CCC(C)C)cc1. The third-order valence-electron chi connectivity index (χ3n) is 2.88. The van der Waals surface area contributed by atoms with Crippen molar-refractivity contribution in [3.8, 4) is 0 Å². The van der Waals surface area contributed by atoms with Gasteiger partial charge < -0.3 is 0 Å². The molecule has 0 aromatic heterocycles. The second-order valence-corrected chi connectivity index (χ2v) is 5.21. The third-order valence-corrected chi connectivity index (χ3v) is 2.88. The summed E-state index contributed by atoms with van der Waals surface area (Å²) in [7, 11) is 2.01. The molecule has 0 bridgehead atoms. The van der Waals surface area contributed by atoms with Crippen molar-refractivity contribution in [3.05, 3.63) is 35.4 Å². The minimum atomic E-state index is 0.205. The first-order valence-electron chi connectivity index (χ1n) is 6.27. The summed E-state index contributed by atoms with van der Waals surface area (Å²) >= 11 is 0. The first kappa shape index (κ1) is 13.9. The molecule has 0 unspecified atom stereocenters. The molecular weight excluding hydrogens is 210 g/mol. The molecule has 0 N–H and O–H groups in total. The Balaban J connectivity index is 2.46. The van der Waals surface area contributed by atoms with Crippen molar-refractivity contribution in [2.24, 2.45) is 5.92 Å². The Morgan fingerprint density at radius 2 is 1.82 bits per heavy atom. The number of benzene rings is 1. The van der Waals surface area contributed by atoms with Crippen LogP contribution in [0.15, 0.2) is 24.3 Å². The Kier molecular flexibility index (Phi) is 5.36. The van der Waals surface area contributed by atoms with Gasteiger partial charge >= 0.3 is 0 Å². The van der Waals surface area contributed by atoms with Gasteiger partial charge in [0.1, 0.15) is 0 Å². The Morgan fingerprint density at radius 1 is 1.24 bits per heavy atom. The average molecular weight is 233 g/mol. The fraction of sp³-hybridized carbons (Fsp3) is 0.533. The number of rotatable bonds is 6. The highest BCUT2D eigenvalue weighted by Crippen LogP contribution is 2.06. The van der Waals surface area contributed by atoms with Gasteiger partial charge in [0.15, 0.2) is 5.78 Å². The topological polar surface area (TPSA) is 20.3 Å². The van der Waals surface area contributed by atoms with Crippen LogP contribution in [0.5, 0.6) is 0 Å². The molecule has 2 nitrogen and oxygen atoms in total. The number of aryl methyl sites for hydroxylation is 1. The van der Waals surface area contributed by atoms with Gasteiger partial charge in [-0.1, -0.05) is 43.7 Å². The highest BCUT2D eigenvalue weighted by Gasteiger charge is 2.09. The predicted octanol–water partition coefficient (Wildman–Crippen LogP) is 3.16. The van der Waals surface area contributed by atoms with Gasteiger partial charge in [0.25, 0.3) is 0 Å². The maximum Gasteiger partial charge on any atom is 0.176 e. The van der Waals surface area contributed by atoms with Crippen LogP contribution in [-0.4, -0.2) is 30.8 Å². The second kappa shape index (κ2) is 6.55. The van der Waals surface area contributed by atoms with Crippen molar-refractivity contribution < 1.29 is 4.79 Å². The molecule has 1 aromatic rings. The zero-order valence-corrected chi connectivity index (χ0v) is 11.4. The number of hydrogen-bond donors (Lipinski definition) is 0. The molecule has 0 heterocycles. The quantitative estimate of drug-likeness (QED) is 0.703. The standard InChI is InChI=1S/C15H23NO/c1-12(2)9-10-16(4)11-15(17)14-7-5-13(3)6-8-14/h5-8,12H,9-11H2,1-4H3. The molecule has 17 heavy (non-hydrogen) atoms. The fourth-order valence-electron chi connectivity index (χ4n) is 1.63. The van der Waals surface area contributed by atoms with Crippen LogP contribution in [0.4, 0.5) is 0 Å². The predicted molar refractivity (Wildman–Crippen MR) is 72.5 cm³/mol. The summed E-state index contributed by atoms with van der Waals surface area (Å²) in [6.45, 7) is 7.93. The van der Waals surface area contributed by atoms with E-state index in [1.54, 1.807) is 0 Å². The van der Waals surface area contributed by atoms with E-state index in [0.717, 1.165) is 18.5 Å². The van der Waals surface area contributed by atoms with Crippen molar-refractivity contribution in [1.82, 2.24) is 4.90 Å². The molecule has 0 radical (unpaired) electrons. The smallest absolute Gasteiger partial charge is 0.176 e. The largest absolute Gasteiger partial charge is 0.299 e. The summed E-state index contributed by atoms with van der Waals surface area (Å²) in [6, 6.07) is 7.80. The van der Waals surface area contributed by atoms with Crippen LogP contribution in [-0.2, 0) is 0 Å². The lowest BCUT2D eigenvalue weighted by Gasteiger charge is -2.16. The van der Waals surface area contributed by atoms with E-state index in [-0.39, 0.29) is 5.78 Å². The molecule has 0 amide bonds. The Labute approximate surface area is 105 Å². The molecule has 0 spiro atoms. The van der Waals surface area contributed by atoms with Crippen molar-refractivity contribution in [2.45, 2.75) is 27.2 Å². The van der Waals surface area contributed by atoms with E-state index >= 15 is 0 Å². The molecule has 2 heteroatoms. The summed E-state index contributed by atoms with van der Waals surface area (Å²) in [5.41, 5.74) is 2.00. The first-order valence-corrected chi connectivity index (χ1v) is 6.27. The number of Topliss-reactive ketones (excluding diaryl/α,β-unsaturated/α-hetero) is 1. The van der Waals surface area contributed by atoms with Gasteiger partial charge in [0.05, 0.1) is 6.54 Å². The van der Waals surface area contributed by atoms with E-state index in [2.05, 4.69) is 18.7 Å². The zero-order chi connectivity index (χ0) is 12.8. The Morgan fingerprint density at radius 3 is 2.35 bits per heavy atom. The molecule has 0 aliphatic heterocycles. The lowest BCUT2D eigenvalue weighted by molar-refractivity contribution is 0.0944. The number of carbonyl (C=O) groups excluding carboxylic acids is 1. The van der Waals surface area contributed by atoms with E-state index in [4.69, 9.17) is 0 Å². The zero-order valence-electron chi connectivity index (χ0n) is 11.4. The van der Waals surface area contributed by atoms with Crippen LogP contribution < -0.4 is 0 Å². The number of nitrogens with zero attached hydrogens (tertiary/aromatic N) is 1. The molecular formula is C15H23NO. The fourth-order valence-corrected chi connectivity index (χ4v) is 1.63. The van der Waals surface area contributed by atoms with E-state index in [1.807, 2.05) is 38.2 Å². The van der Waals surface area contributed by atoms with Gasteiger partial charge in [-0.25, -0.2) is 0 Å². The van der Waals surface area contributed by atoms with E-state index in [9.17, 15) is 4.79 Å². The summed E-state index contributed by atoms with van der Waals surface area (Å²) in [6.07, 6.45) is 1.14. The first-order chi connectivity index (χ1) is 7.99. The van der Waals surface area contributed by atoms with Gasteiger partial charge in [0.2, 0.25) is 0 Å². The van der Waals surface area contributed by atoms with Gasteiger partial charge in [-0.2, -0.15) is 0 Å². The molecule has 0 saturated heterocycles. The molecule has 0 fully saturated rings. The van der Waals surface area contributed by atoms with Crippen LogP contribution >= 0.6 is 0 Å². The van der Waals surface area contributed by atoms with Crippen LogP contribution in [0.25, 0.3) is 0 Å². The summed E-state index contributed by atoms with van der Waals surface area (Å²) in [5, 5.41) is 0. The van der Waals surface area contributed by atoms with E-state index < -0.39 is 0 Å². The summed E-state index contributed by atoms with van der Waals surface area (Å²) in [5.74, 6) is 0.892. The number of hydrogen-bond acceptors (Lipinski definition) is 2. The maximum atomic E-state index is 12.0. The van der Waals surface area contributed by atoms with E-state index in [0.29, 0.717) is 12.5 Å². The molecule has 1 rings (SSSR count). The van der Waals surface area contributed by atoms with Gasteiger partial charge in [0, 0.05) is 5.56 Å². The molecule has 0 saturated carbocycles. The van der Waals surface area contributed by atoms with Crippen LogP contribution in [0.1, 0.15) is 36.2 Å². The lowest BCUT2D eigenvalue weighted by atomic mass is 10.1. The monoisotopic (exact) mass is 233 g/mol. The highest BCUT2D eigenvalue weighted by atomic mass is 16.1. The normalized spacial score (nSPS) is 11.2. The molecule has 0 atom stereocenters. The van der Waals surface area contributed by atoms with Crippen LogP contribution in [0, 0.1) is 12.8 Å².